The zero-order valence-corrected chi connectivity index (χ0v) is 12.7. The molecule has 5 nitrogen and oxygen atoms in total. The predicted molar refractivity (Wildman–Crippen MR) is 81.9 cm³/mol. The minimum atomic E-state index is -0.229. The Labute approximate surface area is 128 Å². The highest BCUT2D eigenvalue weighted by atomic mass is 16.5. The Morgan fingerprint density at radius 2 is 1.82 bits per heavy atom. The number of rotatable bonds is 6. The van der Waals surface area contributed by atoms with Crippen LogP contribution >= 0.6 is 0 Å². The van der Waals surface area contributed by atoms with Crippen molar-refractivity contribution in [3.63, 3.8) is 0 Å². The molecule has 1 N–H and O–H groups in total. The summed E-state index contributed by atoms with van der Waals surface area (Å²) in [7, 11) is 0. The number of H-pyrrole nitrogens is 1. The fraction of sp³-hybridized carbons (Fsp3) is 0.235. The lowest BCUT2D eigenvalue weighted by Gasteiger charge is -2.05. The largest absolute Gasteiger partial charge is 0.485 e. The number of nitrogens with one attached hydrogen (secondary N) is 1. The molecule has 114 valence electrons. The second-order valence-corrected chi connectivity index (χ2v) is 5.08. The van der Waals surface area contributed by atoms with Crippen molar-refractivity contribution in [3.8, 4) is 5.75 Å². The highest BCUT2D eigenvalue weighted by molar-refractivity contribution is 6.03. The van der Waals surface area contributed by atoms with Gasteiger partial charge in [0.2, 0.25) is 5.78 Å². The van der Waals surface area contributed by atoms with Gasteiger partial charge in [0.15, 0.2) is 12.4 Å². The predicted octanol–water partition coefficient (Wildman–Crippen LogP) is 2.91. The van der Waals surface area contributed by atoms with Gasteiger partial charge in [-0.1, -0.05) is 0 Å². The van der Waals surface area contributed by atoms with Crippen LogP contribution in [0.1, 0.15) is 49.4 Å². The van der Waals surface area contributed by atoms with Gasteiger partial charge in [0, 0.05) is 16.8 Å². The molecule has 0 saturated carbocycles. The van der Waals surface area contributed by atoms with Crippen molar-refractivity contribution in [1.29, 1.82) is 0 Å². The van der Waals surface area contributed by atoms with Gasteiger partial charge in [-0.15, -0.1) is 0 Å². The van der Waals surface area contributed by atoms with Crippen molar-refractivity contribution in [1.82, 2.24) is 4.98 Å². The van der Waals surface area contributed by atoms with Gasteiger partial charge in [-0.3, -0.25) is 14.4 Å². The van der Waals surface area contributed by atoms with Gasteiger partial charge in [-0.05, 0) is 50.6 Å². The smallest absolute Gasteiger partial charge is 0.216 e. The third-order valence-electron chi connectivity index (χ3n) is 3.45. The molecule has 2 aromatic rings. The van der Waals surface area contributed by atoms with E-state index in [1.165, 1.54) is 6.92 Å². The molecule has 0 amide bonds. The second-order valence-electron chi connectivity index (χ2n) is 5.08. The first-order valence-electron chi connectivity index (χ1n) is 6.85. The summed E-state index contributed by atoms with van der Waals surface area (Å²) in [5.41, 5.74) is 2.82. The lowest BCUT2D eigenvalue weighted by molar-refractivity contribution is 0.0916. The average molecular weight is 299 g/mol. The van der Waals surface area contributed by atoms with Crippen molar-refractivity contribution < 1.29 is 19.1 Å². The van der Waals surface area contributed by atoms with E-state index in [9.17, 15) is 14.4 Å². The number of carbonyl (C=O) groups is 3. The van der Waals surface area contributed by atoms with Crippen LogP contribution in [0.3, 0.4) is 0 Å². The third kappa shape index (κ3) is 3.14. The molecule has 1 aromatic heterocycles. The van der Waals surface area contributed by atoms with Crippen LogP contribution in [0.15, 0.2) is 24.3 Å². The Morgan fingerprint density at radius 3 is 2.32 bits per heavy atom. The molecule has 0 bridgehead atoms. The molecule has 0 radical (unpaired) electrons. The van der Waals surface area contributed by atoms with Crippen molar-refractivity contribution in [2.75, 3.05) is 6.61 Å². The van der Waals surface area contributed by atoms with Gasteiger partial charge in [0.1, 0.15) is 12.0 Å². The van der Waals surface area contributed by atoms with E-state index in [1.54, 1.807) is 38.1 Å². The van der Waals surface area contributed by atoms with Gasteiger partial charge in [-0.2, -0.15) is 0 Å². The third-order valence-corrected chi connectivity index (χ3v) is 3.45. The summed E-state index contributed by atoms with van der Waals surface area (Å²) < 4.78 is 5.42. The van der Waals surface area contributed by atoms with E-state index in [1.807, 2.05) is 0 Å². The molecule has 22 heavy (non-hydrogen) atoms. The maximum atomic E-state index is 12.2. The highest BCUT2D eigenvalue weighted by Gasteiger charge is 2.19. The van der Waals surface area contributed by atoms with Crippen LogP contribution in [-0.2, 0) is 0 Å². The molecule has 0 saturated heterocycles. The summed E-state index contributed by atoms with van der Waals surface area (Å²) in [4.78, 5) is 37.3. The number of aldehydes is 1. The fourth-order valence-electron chi connectivity index (χ4n) is 2.42. The molecule has 0 aliphatic rings. The molecule has 0 aliphatic heterocycles. The zero-order valence-electron chi connectivity index (χ0n) is 12.7. The van der Waals surface area contributed by atoms with Crippen LogP contribution in [0.2, 0.25) is 0 Å². The summed E-state index contributed by atoms with van der Waals surface area (Å²) in [6, 6.07) is 6.49. The minimum absolute atomic E-state index is 0.0735. The number of benzene rings is 1. The molecule has 0 aliphatic carbocycles. The topological polar surface area (TPSA) is 76.2 Å². The lowest BCUT2D eigenvalue weighted by Crippen LogP contribution is -2.13. The monoisotopic (exact) mass is 299 g/mol. The molecule has 5 heteroatoms. The Kier molecular flexibility index (Phi) is 4.56. The first-order valence-corrected chi connectivity index (χ1v) is 6.85. The minimum Gasteiger partial charge on any atom is -0.485 e. The molecule has 0 fully saturated rings. The summed E-state index contributed by atoms with van der Waals surface area (Å²) in [6.07, 6.45) is 0.739. The molecule has 0 unspecified atom stereocenters. The standard InChI is InChI=1S/C17H17NO4/c1-10-16(12(3)20)11(2)18-17(10)15(21)9-22-14-6-4-13(8-19)5-7-14/h4-8,18H,9H2,1-3H3. The van der Waals surface area contributed by atoms with E-state index < -0.39 is 0 Å². The summed E-state index contributed by atoms with van der Waals surface area (Å²) in [6.45, 7) is 4.84. The van der Waals surface area contributed by atoms with E-state index in [0.29, 0.717) is 33.8 Å². The average Bonchev–Trinajstić information content (AvgIpc) is 2.80. The van der Waals surface area contributed by atoms with E-state index in [4.69, 9.17) is 4.74 Å². The summed E-state index contributed by atoms with van der Waals surface area (Å²) in [5, 5.41) is 0. The van der Waals surface area contributed by atoms with E-state index in [0.717, 1.165) is 6.29 Å². The SMILES string of the molecule is CC(=O)c1c(C)[nH]c(C(=O)COc2ccc(C=O)cc2)c1C. The first kappa shape index (κ1) is 15.7. The number of ketones is 2. The highest BCUT2D eigenvalue weighted by Crippen LogP contribution is 2.19. The molecule has 0 atom stereocenters. The molecule has 2 rings (SSSR count). The number of aromatic nitrogens is 1. The number of ether oxygens (including phenoxy) is 1. The maximum Gasteiger partial charge on any atom is 0.216 e. The van der Waals surface area contributed by atoms with Gasteiger partial charge < -0.3 is 9.72 Å². The molecular formula is C17H17NO4. The normalized spacial score (nSPS) is 10.3. The van der Waals surface area contributed by atoms with Gasteiger partial charge >= 0.3 is 0 Å². The number of hydrogen-bond donors (Lipinski definition) is 1. The molecule has 1 heterocycles. The number of Topliss-reactive ketones (excluding diaryl/α,β-unsaturated/α-hetero) is 2. The van der Waals surface area contributed by atoms with Crippen molar-refractivity contribution >= 4 is 17.9 Å². The maximum absolute atomic E-state index is 12.2. The Bertz CT molecular complexity index is 726. The lowest BCUT2D eigenvalue weighted by atomic mass is 10.1. The van der Waals surface area contributed by atoms with Crippen LogP contribution in [0, 0.1) is 13.8 Å². The van der Waals surface area contributed by atoms with Crippen molar-refractivity contribution in [3.05, 3.63) is 52.3 Å². The van der Waals surface area contributed by atoms with E-state index in [-0.39, 0.29) is 18.2 Å². The Hall–Kier alpha value is -2.69. The van der Waals surface area contributed by atoms with Crippen molar-refractivity contribution in [2.45, 2.75) is 20.8 Å². The van der Waals surface area contributed by atoms with E-state index >= 15 is 0 Å². The van der Waals surface area contributed by atoms with Gasteiger partial charge in [0.25, 0.3) is 0 Å². The number of hydrogen-bond acceptors (Lipinski definition) is 4. The summed E-state index contributed by atoms with van der Waals surface area (Å²) in [5.74, 6) is 0.204. The Morgan fingerprint density at radius 1 is 1.18 bits per heavy atom. The van der Waals surface area contributed by atoms with Crippen LogP contribution in [0.5, 0.6) is 5.75 Å². The zero-order chi connectivity index (χ0) is 16.3. The van der Waals surface area contributed by atoms with Crippen LogP contribution in [0.4, 0.5) is 0 Å². The summed E-state index contributed by atoms with van der Waals surface area (Å²) >= 11 is 0. The number of aromatic amines is 1. The Balaban J connectivity index is 2.10. The quantitative estimate of drug-likeness (QED) is 0.657. The second kappa shape index (κ2) is 6.39. The molecular weight excluding hydrogens is 282 g/mol. The van der Waals surface area contributed by atoms with Gasteiger partial charge in [0.05, 0.1) is 5.69 Å². The molecule has 0 spiro atoms. The first-order chi connectivity index (χ1) is 10.4. The van der Waals surface area contributed by atoms with Crippen LogP contribution < -0.4 is 4.74 Å². The number of carbonyl (C=O) groups excluding carboxylic acids is 3. The van der Waals surface area contributed by atoms with E-state index in [2.05, 4.69) is 4.98 Å². The van der Waals surface area contributed by atoms with Crippen LogP contribution in [0.25, 0.3) is 0 Å². The van der Waals surface area contributed by atoms with Gasteiger partial charge in [-0.25, -0.2) is 0 Å². The van der Waals surface area contributed by atoms with Crippen molar-refractivity contribution in [2.24, 2.45) is 0 Å². The number of aryl methyl sites for hydroxylation is 1. The fourth-order valence-corrected chi connectivity index (χ4v) is 2.42. The molecule has 1 aromatic carbocycles. The van der Waals surface area contributed by atoms with Crippen LogP contribution in [-0.4, -0.2) is 29.4 Å².